The molecule has 1 aliphatic carbocycles. The summed E-state index contributed by atoms with van der Waals surface area (Å²) in [6, 6.07) is 5.23. The molecule has 0 heterocycles. The molecule has 116 valence electrons. The number of nitro benzene ring substituents is 1. The van der Waals surface area contributed by atoms with Gasteiger partial charge in [-0.15, -0.1) is 0 Å². The number of rotatable bonds is 5. The molecule has 2 rings (SSSR count). The summed E-state index contributed by atoms with van der Waals surface area (Å²) in [6.07, 6.45) is 2.80. The lowest BCUT2D eigenvalue weighted by molar-refractivity contribution is -0.387. The number of aliphatic hydroxyl groups is 1. The van der Waals surface area contributed by atoms with Crippen LogP contribution in [-0.2, 0) is 10.0 Å². The summed E-state index contributed by atoms with van der Waals surface area (Å²) in [5, 5.41) is 21.3. The molecule has 1 saturated carbocycles. The fourth-order valence-corrected chi connectivity index (χ4v) is 4.09. The van der Waals surface area contributed by atoms with Crippen molar-refractivity contribution >= 4 is 15.7 Å². The quantitative estimate of drug-likeness (QED) is 0.656. The van der Waals surface area contributed by atoms with E-state index in [0.717, 1.165) is 23.2 Å². The molecule has 0 atom stereocenters. The molecular formula is C13H18N2O5S. The zero-order valence-corrected chi connectivity index (χ0v) is 12.5. The maximum Gasteiger partial charge on any atom is 0.289 e. The van der Waals surface area contributed by atoms with E-state index in [4.69, 9.17) is 0 Å². The van der Waals surface area contributed by atoms with E-state index in [2.05, 4.69) is 0 Å². The second kappa shape index (κ2) is 5.70. The molecule has 0 amide bonds. The first-order valence-electron chi connectivity index (χ1n) is 6.68. The number of benzene rings is 1. The van der Waals surface area contributed by atoms with Gasteiger partial charge in [0.25, 0.3) is 5.69 Å². The topological polar surface area (TPSA) is 101 Å². The third-order valence-electron chi connectivity index (χ3n) is 3.80. The first-order valence-corrected chi connectivity index (χ1v) is 8.12. The van der Waals surface area contributed by atoms with Crippen LogP contribution in [0.2, 0.25) is 0 Å². The maximum atomic E-state index is 12.5. The zero-order chi connectivity index (χ0) is 15.7. The van der Waals surface area contributed by atoms with Crippen LogP contribution in [-0.4, -0.2) is 41.9 Å². The van der Waals surface area contributed by atoms with Gasteiger partial charge < -0.3 is 5.11 Å². The molecule has 0 aromatic heterocycles. The molecule has 0 aliphatic heterocycles. The summed E-state index contributed by atoms with van der Waals surface area (Å²) in [5.74, 6) is 0. The van der Waals surface area contributed by atoms with Crippen LogP contribution in [0.15, 0.2) is 29.2 Å². The molecule has 8 heteroatoms. The van der Waals surface area contributed by atoms with Gasteiger partial charge in [-0.2, -0.15) is 4.31 Å². The molecule has 0 saturated heterocycles. The number of nitrogens with zero attached hydrogens (tertiary/aromatic N) is 2. The Bertz CT molecular complexity index is 638. The van der Waals surface area contributed by atoms with Crippen molar-refractivity contribution in [3.8, 4) is 0 Å². The van der Waals surface area contributed by atoms with Gasteiger partial charge in [-0.25, -0.2) is 8.42 Å². The Morgan fingerprint density at radius 3 is 2.48 bits per heavy atom. The van der Waals surface area contributed by atoms with E-state index in [1.807, 2.05) is 0 Å². The minimum atomic E-state index is -4.01. The lowest BCUT2D eigenvalue weighted by atomic mass is 10.0. The average molecular weight is 314 g/mol. The van der Waals surface area contributed by atoms with E-state index in [1.165, 1.54) is 25.2 Å². The first kappa shape index (κ1) is 15.9. The molecular weight excluding hydrogens is 296 g/mol. The van der Waals surface area contributed by atoms with Crippen LogP contribution in [0.4, 0.5) is 5.69 Å². The van der Waals surface area contributed by atoms with Crippen LogP contribution in [0.3, 0.4) is 0 Å². The van der Waals surface area contributed by atoms with Crippen molar-refractivity contribution in [1.82, 2.24) is 4.31 Å². The highest BCUT2D eigenvalue weighted by atomic mass is 32.2. The Hall–Kier alpha value is -1.51. The van der Waals surface area contributed by atoms with Crippen LogP contribution in [0.5, 0.6) is 0 Å². The number of hydrogen-bond acceptors (Lipinski definition) is 5. The van der Waals surface area contributed by atoms with Crippen LogP contribution >= 0.6 is 0 Å². The number of para-hydroxylation sites is 1. The fourth-order valence-electron chi connectivity index (χ4n) is 2.68. The van der Waals surface area contributed by atoms with Gasteiger partial charge in [-0.1, -0.05) is 25.0 Å². The van der Waals surface area contributed by atoms with E-state index in [9.17, 15) is 23.6 Å². The molecule has 0 radical (unpaired) electrons. The van der Waals surface area contributed by atoms with Gasteiger partial charge in [0.05, 0.1) is 10.5 Å². The highest BCUT2D eigenvalue weighted by molar-refractivity contribution is 7.89. The van der Waals surface area contributed by atoms with Crippen molar-refractivity contribution in [2.45, 2.75) is 36.2 Å². The first-order chi connectivity index (χ1) is 9.76. The third-order valence-corrected chi connectivity index (χ3v) is 5.65. The van der Waals surface area contributed by atoms with Crippen molar-refractivity contribution in [2.24, 2.45) is 0 Å². The molecule has 1 fully saturated rings. The largest absolute Gasteiger partial charge is 0.389 e. The Labute approximate surface area is 123 Å². The number of sulfonamides is 1. The molecule has 7 nitrogen and oxygen atoms in total. The van der Waals surface area contributed by atoms with E-state index in [-0.39, 0.29) is 11.4 Å². The minimum Gasteiger partial charge on any atom is -0.389 e. The second-order valence-electron chi connectivity index (χ2n) is 5.42. The molecule has 0 bridgehead atoms. The van der Waals surface area contributed by atoms with Gasteiger partial charge in [0.2, 0.25) is 10.0 Å². The van der Waals surface area contributed by atoms with Gasteiger partial charge >= 0.3 is 0 Å². The van der Waals surface area contributed by atoms with Crippen molar-refractivity contribution in [1.29, 1.82) is 0 Å². The molecule has 1 N–H and O–H groups in total. The highest BCUT2D eigenvalue weighted by Gasteiger charge is 2.37. The second-order valence-corrected chi connectivity index (χ2v) is 7.43. The Kier molecular flexibility index (Phi) is 4.31. The molecule has 0 unspecified atom stereocenters. The van der Waals surface area contributed by atoms with E-state index in [1.54, 1.807) is 0 Å². The SMILES string of the molecule is CN(CC1(O)CCCC1)S(=O)(=O)c1ccccc1[N+](=O)[O-]. The Morgan fingerprint density at radius 2 is 1.90 bits per heavy atom. The van der Waals surface area contributed by atoms with Crippen molar-refractivity contribution in [3.05, 3.63) is 34.4 Å². The lowest BCUT2D eigenvalue weighted by Gasteiger charge is -2.27. The van der Waals surface area contributed by atoms with Crippen LogP contribution < -0.4 is 0 Å². The van der Waals surface area contributed by atoms with Gasteiger partial charge in [0, 0.05) is 19.7 Å². The van der Waals surface area contributed by atoms with Crippen LogP contribution in [0, 0.1) is 10.1 Å². The number of likely N-dealkylation sites (N-methyl/N-ethyl adjacent to an activating group) is 1. The summed E-state index contributed by atoms with van der Waals surface area (Å²) in [5.41, 5.74) is -1.49. The third kappa shape index (κ3) is 3.22. The summed E-state index contributed by atoms with van der Waals surface area (Å²) in [7, 11) is -2.67. The van der Waals surface area contributed by atoms with Gasteiger partial charge in [-0.3, -0.25) is 10.1 Å². The van der Waals surface area contributed by atoms with E-state index < -0.39 is 26.2 Å². The average Bonchev–Trinajstić information content (AvgIpc) is 2.85. The molecule has 0 spiro atoms. The normalized spacial score (nSPS) is 18.0. The summed E-state index contributed by atoms with van der Waals surface area (Å²) in [4.78, 5) is 9.91. The fraction of sp³-hybridized carbons (Fsp3) is 0.538. The molecule has 1 aromatic carbocycles. The van der Waals surface area contributed by atoms with Crippen LogP contribution in [0.25, 0.3) is 0 Å². The highest BCUT2D eigenvalue weighted by Crippen LogP contribution is 2.32. The number of nitro groups is 1. The molecule has 21 heavy (non-hydrogen) atoms. The van der Waals surface area contributed by atoms with Crippen molar-refractivity contribution in [3.63, 3.8) is 0 Å². The van der Waals surface area contributed by atoms with Crippen molar-refractivity contribution in [2.75, 3.05) is 13.6 Å². The van der Waals surface area contributed by atoms with Gasteiger partial charge in [0.1, 0.15) is 0 Å². The lowest BCUT2D eigenvalue weighted by Crippen LogP contribution is -2.42. The minimum absolute atomic E-state index is 0.0542. The van der Waals surface area contributed by atoms with E-state index >= 15 is 0 Å². The summed E-state index contributed by atoms with van der Waals surface area (Å²) < 4.78 is 26.0. The zero-order valence-electron chi connectivity index (χ0n) is 11.7. The molecule has 1 aliphatic rings. The predicted molar refractivity (Wildman–Crippen MR) is 76.3 cm³/mol. The monoisotopic (exact) mass is 314 g/mol. The van der Waals surface area contributed by atoms with Gasteiger partial charge in [-0.05, 0) is 18.9 Å². The predicted octanol–water partition coefficient (Wildman–Crippen LogP) is 1.52. The van der Waals surface area contributed by atoms with Crippen LogP contribution in [0.1, 0.15) is 25.7 Å². The summed E-state index contributed by atoms with van der Waals surface area (Å²) in [6.45, 7) is -0.0542. The van der Waals surface area contributed by atoms with E-state index in [0.29, 0.717) is 12.8 Å². The van der Waals surface area contributed by atoms with Gasteiger partial charge in [0.15, 0.2) is 4.90 Å². The number of hydrogen-bond donors (Lipinski definition) is 1. The van der Waals surface area contributed by atoms with Crippen molar-refractivity contribution < 1.29 is 18.4 Å². The molecule has 1 aromatic rings. The Morgan fingerprint density at radius 1 is 1.33 bits per heavy atom. The smallest absolute Gasteiger partial charge is 0.289 e. The maximum absolute atomic E-state index is 12.5. The summed E-state index contributed by atoms with van der Waals surface area (Å²) >= 11 is 0. The Balaban J connectivity index is 2.31. The standard InChI is InChI=1S/C13H18N2O5S/c1-14(10-13(16)8-4-5-9-13)21(19,20)12-7-3-2-6-11(12)15(17)18/h2-3,6-7,16H,4-5,8-10H2,1H3.